The van der Waals surface area contributed by atoms with Crippen LogP contribution in [0.4, 0.5) is 18.9 Å². The third kappa shape index (κ3) is 3.50. The quantitative estimate of drug-likeness (QED) is 0.645. The number of carbonyl (C=O) groups is 1. The highest BCUT2D eigenvalue weighted by molar-refractivity contribution is 8.00. The molecule has 2 nitrogen and oxygen atoms in total. The smallest absolute Gasteiger partial charge is 0.295 e. The van der Waals surface area contributed by atoms with E-state index in [4.69, 9.17) is 23.2 Å². The lowest BCUT2D eigenvalue weighted by molar-refractivity contribution is -0.137. The Balaban J connectivity index is 2.02. The van der Waals surface area contributed by atoms with E-state index in [2.05, 4.69) is 0 Å². The number of carbonyl (C=O) groups excluding carboxylic acids is 1. The van der Waals surface area contributed by atoms with Gasteiger partial charge in [0.05, 0.1) is 11.3 Å². The third-order valence-corrected chi connectivity index (χ3v) is 5.14. The molecule has 8 heteroatoms. The van der Waals surface area contributed by atoms with Gasteiger partial charge in [-0.05, 0) is 35.9 Å². The predicted molar refractivity (Wildman–Crippen MR) is 90.6 cm³/mol. The van der Waals surface area contributed by atoms with Crippen molar-refractivity contribution < 1.29 is 18.0 Å². The largest absolute Gasteiger partial charge is 0.416 e. The molecule has 2 aromatic carbocycles. The molecule has 0 N–H and O–H groups in total. The lowest BCUT2D eigenvalue weighted by atomic mass is 10.1. The molecular formula is C16H10Cl2F3NOS. The minimum Gasteiger partial charge on any atom is -0.295 e. The summed E-state index contributed by atoms with van der Waals surface area (Å²) in [5, 5.41) is 0.143. The van der Waals surface area contributed by atoms with Gasteiger partial charge in [-0.25, -0.2) is 0 Å². The number of nitrogens with zero attached hydrogens (tertiary/aromatic N) is 1. The van der Waals surface area contributed by atoms with Gasteiger partial charge in [-0.15, -0.1) is 11.8 Å². The van der Waals surface area contributed by atoms with Crippen LogP contribution in [0.2, 0.25) is 10.0 Å². The lowest BCUT2D eigenvalue weighted by Gasteiger charge is -2.25. The molecule has 1 fully saturated rings. The van der Waals surface area contributed by atoms with Crippen LogP contribution >= 0.6 is 35.0 Å². The summed E-state index contributed by atoms with van der Waals surface area (Å²) >= 11 is 13.2. The molecule has 0 aliphatic carbocycles. The van der Waals surface area contributed by atoms with Crippen molar-refractivity contribution in [2.24, 2.45) is 0 Å². The van der Waals surface area contributed by atoms with Crippen LogP contribution in [-0.4, -0.2) is 11.7 Å². The Bertz CT molecular complexity index is 777. The zero-order valence-corrected chi connectivity index (χ0v) is 14.3. The maximum atomic E-state index is 12.9. The highest BCUT2D eigenvalue weighted by Gasteiger charge is 2.36. The molecule has 3 rings (SSSR count). The summed E-state index contributed by atoms with van der Waals surface area (Å²) < 4.78 is 38.8. The molecule has 1 saturated heterocycles. The van der Waals surface area contributed by atoms with Gasteiger partial charge in [0.2, 0.25) is 5.91 Å². The second-order valence-corrected chi connectivity index (χ2v) is 7.12. The van der Waals surface area contributed by atoms with Gasteiger partial charge in [0.15, 0.2) is 0 Å². The zero-order valence-electron chi connectivity index (χ0n) is 12.0. The highest BCUT2D eigenvalue weighted by Crippen LogP contribution is 2.44. The monoisotopic (exact) mass is 391 g/mol. The van der Waals surface area contributed by atoms with Crippen molar-refractivity contribution in [3.8, 4) is 0 Å². The van der Waals surface area contributed by atoms with Gasteiger partial charge in [-0.1, -0.05) is 35.3 Å². The molecule has 1 heterocycles. The number of alkyl halides is 3. The van der Waals surface area contributed by atoms with Gasteiger partial charge < -0.3 is 0 Å². The molecule has 2 aromatic rings. The molecule has 1 aliphatic rings. The van der Waals surface area contributed by atoms with Crippen molar-refractivity contribution in [3.63, 3.8) is 0 Å². The summed E-state index contributed by atoms with van der Waals surface area (Å²) in [6, 6.07) is 9.64. The van der Waals surface area contributed by atoms with Gasteiger partial charge in [-0.2, -0.15) is 13.2 Å². The van der Waals surface area contributed by atoms with E-state index in [-0.39, 0.29) is 11.7 Å². The minimum absolute atomic E-state index is 0.172. The maximum Gasteiger partial charge on any atom is 0.416 e. The van der Waals surface area contributed by atoms with Crippen LogP contribution in [0, 0.1) is 0 Å². The van der Waals surface area contributed by atoms with Gasteiger partial charge in [0.25, 0.3) is 0 Å². The Labute approximate surface area is 150 Å². The number of benzene rings is 2. The van der Waals surface area contributed by atoms with Crippen LogP contribution in [0.5, 0.6) is 0 Å². The van der Waals surface area contributed by atoms with E-state index in [1.54, 1.807) is 18.2 Å². The average molecular weight is 392 g/mol. The fourth-order valence-electron chi connectivity index (χ4n) is 2.50. The van der Waals surface area contributed by atoms with E-state index < -0.39 is 17.1 Å². The molecule has 1 amide bonds. The molecule has 24 heavy (non-hydrogen) atoms. The standard InChI is InChI=1S/C16H10Cl2F3NOS/c17-11-5-12(18)7-13(6-11)22-14(23)8-24-15(22)9-2-1-3-10(4-9)16(19,20)21/h1-7,15H,8H2. The third-order valence-electron chi connectivity index (χ3n) is 3.49. The molecule has 0 saturated carbocycles. The number of anilines is 1. The first-order chi connectivity index (χ1) is 11.3. The topological polar surface area (TPSA) is 20.3 Å². The second-order valence-electron chi connectivity index (χ2n) is 5.18. The number of rotatable bonds is 2. The fraction of sp³-hybridized carbons (Fsp3) is 0.188. The van der Waals surface area contributed by atoms with Crippen molar-refractivity contribution in [2.45, 2.75) is 11.6 Å². The Kier molecular flexibility index (Phi) is 4.73. The highest BCUT2D eigenvalue weighted by atomic mass is 35.5. The first kappa shape index (κ1) is 17.5. The molecule has 1 atom stereocenters. The van der Waals surface area contributed by atoms with Gasteiger partial charge in [0.1, 0.15) is 5.37 Å². The fourth-order valence-corrected chi connectivity index (χ4v) is 4.18. The van der Waals surface area contributed by atoms with E-state index in [9.17, 15) is 18.0 Å². The Morgan fingerprint density at radius 3 is 2.38 bits per heavy atom. The number of amides is 1. The Morgan fingerprint density at radius 1 is 1.08 bits per heavy atom. The molecular weight excluding hydrogens is 382 g/mol. The molecule has 126 valence electrons. The molecule has 0 radical (unpaired) electrons. The van der Waals surface area contributed by atoms with Crippen molar-refractivity contribution in [3.05, 3.63) is 63.6 Å². The number of thioether (sulfide) groups is 1. The van der Waals surface area contributed by atoms with E-state index >= 15 is 0 Å². The SMILES string of the molecule is O=C1CSC(c2cccc(C(F)(F)F)c2)N1c1cc(Cl)cc(Cl)c1. The van der Waals surface area contributed by atoms with E-state index in [0.717, 1.165) is 12.1 Å². The van der Waals surface area contributed by atoms with E-state index in [1.807, 2.05) is 0 Å². The first-order valence-electron chi connectivity index (χ1n) is 6.82. The lowest BCUT2D eigenvalue weighted by Crippen LogP contribution is -2.28. The van der Waals surface area contributed by atoms with Gasteiger partial charge in [0, 0.05) is 15.7 Å². The van der Waals surface area contributed by atoms with Crippen molar-refractivity contribution >= 4 is 46.6 Å². The van der Waals surface area contributed by atoms with E-state index in [0.29, 0.717) is 21.3 Å². The normalized spacial score (nSPS) is 18.3. The van der Waals surface area contributed by atoms with Crippen LogP contribution in [0.25, 0.3) is 0 Å². The molecule has 0 aromatic heterocycles. The summed E-state index contributed by atoms with van der Waals surface area (Å²) in [6.45, 7) is 0. The summed E-state index contributed by atoms with van der Waals surface area (Å²) in [4.78, 5) is 13.7. The Morgan fingerprint density at radius 2 is 1.75 bits per heavy atom. The van der Waals surface area contributed by atoms with Crippen molar-refractivity contribution in [1.29, 1.82) is 0 Å². The van der Waals surface area contributed by atoms with Gasteiger partial charge in [-0.3, -0.25) is 9.69 Å². The molecule has 0 spiro atoms. The predicted octanol–water partition coefficient (Wildman–Crippen LogP) is 5.79. The molecule has 0 bridgehead atoms. The molecule has 1 aliphatic heterocycles. The number of hydrogen-bond donors (Lipinski definition) is 0. The number of hydrogen-bond acceptors (Lipinski definition) is 2. The average Bonchev–Trinajstić information content (AvgIpc) is 2.87. The second kappa shape index (κ2) is 6.50. The molecule has 1 unspecified atom stereocenters. The maximum absolute atomic E-state index is 12.9. The van der Waals surface area contributed by atoms with Crippen molar-refractivity contribution in [2.75, 3.05) is 10.7 Å². The Hall–Kier alpha value is -1.37. The van der Waals surface area contributed by atoms with Gasteiger partial charge >= 0.3 is 6.18 Å². The first-order valence-corrected chi connectivity index (χ1v) is 8.63. The summed E-state index contributed by atoms with van der Waals surface area (Å²) in [7, 11) is 0. The van der Waals surface area contributed by atoms with E-state index in [1.165, 1.54) is 28.8 Å². The minimum atomic E-state index is -4.44. The van der Waals surface area contributed by atoms with Crippen LogP contribution < -0.4 is 4.90 Å². The summed E-state index contributed by atoms with van der Waals surface area (Å²) in [6.07, 6.45) is -4.44. The van der Waals surface area contributed by atoms with Crippen molar-refractivity contribution in [1.82, 2.24) is 0 Å². The number of halogens is 5. The summed E-state index contributed by atoms with van der Waals surface area (Å²) in [5.74, 6) is -0.0360. The summed E-state index contributed by atoms with van der Waals surface area (Å²) in [5.41, 5.74) is 0.116. The van der Waals surface area contributed by atoms with Crippen LogP contribution in [0.3, 0.4) is 0 Å². The van der Waals surface area contributed by atoms with Crippen LogP contribution in [0.15, 0.2) is 42.5 Å². The van der Waals surface area contributed by atoms with Crippen LogP contribution in [0.1, 0.15) is 16.5 Å². The zero-order chi connectivity index (χ0) is 17.5. The van der Waals surface area contributed by atoms with Crippen LogP contribution in [-0.2, 0) is 11.0 Å².